The number of rotatable bonds is 5. The van der Waals surface area contributed by atoms with Crippen LogP contribution in [0.5, 0.6) is 0 Å². The Morgan fingerprint density at radius 2 is 2.00 bits per heavy atom. The molecule has 0 amide bonds. The Morgan fingerprint density at radius 3 is 2.50 bits per heavy atom. The number of hydrogen-bond acceptors (Lipinski definition) is 4. The van der Waals surface area contributed by atoms with Crippen molar-refractivity contribution in [2.24, 2.45) is 0 Å². The fraction of sp³-hybridized carbons (Fsp3) is 0.600. The number of nitrogens with one attached hydrogen (secondary N) is 1. The Balaban J connectivity index is 2.04. The van der Waals surface area contributed by atoms with E-state index < -0.39 is 10.0 Å². The highest BCUT2D eigenvalue weighted by Crippen LogP contribution is 2.37. The van der Waals surface area contributed by atoms with Crippen LogP contribution in [0.15, 0.2) is 12.4 Å². The Kier molecular flexibility index (Phi) is 3.09. The van der Waals surface area contributed by atoms with Gasteiger partial charge in [0.15, 0.2) is 0 Å². The van der Waals surface area contributed by atoms with Crippen LogP contribution in [0.2, 0.25) is 0 Å². The van der Waals surface area contributed by atoms with E-state index in [4.69, 9.17) is 0 Å². The normalized spacial score (nSPS) is 16.1. The van der Waals surface area contributed by atoms with Crippen LogP contribution in [0.4, 0.5) is 5.69 Å². The van der Waals surface area contributed by atoms with Crippen molar-refractivity contribution in [1.82, 2.24) is 9.97 Å². The molecule has 0 saturated heterocycles. The summed E-state index contributed by atoms with van der Waals surface area (Å²) in [5.74, 6) is 1.43. The molecule has 16 heavy (non-hydrogen) atoms. The zero-order valence-electron chi connectivity index (χ0n) is 9.18. The molecule has 1 aromatic heterocycles. The van der Waals surface area contributed by atoms with Crippen LogP contribution in [0.1, 0.15) is 37.9 Å². The maximum Gasteiger partial charge on any atom is 0.232 e. The van der Waals surface area contributed by atoms with Crippen molar-refractivity contribution in [3.63, 3.8) is 0 Å². The number of sulfonamides is 1. The van der Waals surface area contributed by atoms with Crippen molar-refractivity contribution in [1.29, 1.82) is 0 Å². The second kappa shape index (κ2) is 4.37. The van der Waals surface area contributed by atoms with Crippen LogP contribution in [-0.4, -0.2) is 24.1 Å². The van der Waals surface area contributed by atoms with E-state index in [1.165, 1.54) is 12.4 Å². The summed E-state index contributed by atoms with van der Waals surface area (Å²) >= 11 is 0. The van der Waals surface area contributed by atoms with Gasteiger partial charge in [0.05, 0.1) is 23.8 Å². The van der Waals surface area contributed by atoms with Gasteiger partial charge in [-0.05, 0) is 19.3 Å². The number of anilines is 1. The maximum absolute atomic E-state index is 11.5. The molecule has 0 radical (unpaired) electrons. The van der Waals surface area contributed by atoms with Gasteiger partial charge in [-0.2, -0.15) is 0 Å². The highest BCUT2D eigenvalue weighted by Gasteiger charge is 2.26. The van der Waals surface area contributed by atoms with E-state index in [1.54, 1.807) is 0 Å². The Bertz CT molecular complexity index is 451. The fourth-order valence-electron chi connectivity index (χ4n) is 1.44. The molecule has 0 atom stereocenters. The molecule has 0 aliphatic heterocycles. The van der Waals surface area contributed by atoms with Gasteiger partial charge in [0, 0.05) is 5.92 Å². The standard InChI is InChI=1S/C10H15N3O2S/c1-2-5-16(14,15)13-9-6-11-10(12-7-9)8-3-4-8/h6-8,13H,2-5H2,1H3. The second-order valence-corrected chi connectivity index (χ2v) is 5.87. The monoisotopic (exact) mass is 241 g/mol. The van der Waals surface area contributed by atoms with Crippen LogP contribution < -0.4 is 4.72 Å². The predicted molar refractivity (Wildman–Crippen MR) is 61.7 cm³/mol. The summed E-state index contributed by atoms with van der Waals surface area (Å²) in [5, 5.41) is 0. The summed E-state index contributed by atoms with van der Waals surface area (Å²) in [6.07, 6.45) is 5.94. The van der Waals surface area contributed by atoms with E-state index in [-0.39, 0.29) is 5.75 Å². The molecule has 0 bridgehead atoms. The summed E-state index contributed by atoms with van der Waals surface area (Å²) in [4.78, 5) is 8.29. The largest absolute Gasteiger partial charge is 0.280 e. The first kappa shape index (κ1) is 11.3. The summed E-state index contributed by atoms with van der Waals surface area (Å²) < 4.78 is 25.4. The average Bonchev–Trinajstić information content (AvgIpc) is 3.01. The molecule has 0 spiro atoms. The fourth-order valence-corrected chi connectivity index (χ4v) is 2.55. The van der Waals surface area contributed by atoms with Gasteiger partial charge < -0.3 is 0 Å². The van der Waals surface area contributed by atoms with E-state index in [1.807, 2.05) is 6.92 Å². The predicted octanol–water partition coefficient (Wildman–Crippen LogP) is 1.51. The van der Waals surface area contributed by atoms with Crippen molar-refractivity contribution in [3.8, 4) is 0 Å². The Hall–Kier alpha value is -1.17. The Morgan fingerprint density at radius 1 is 1.38 bits per heavy atom. The maximum atomic E-state index is 11.5. The molecule has 5 nitrogen and oxygen atoms in total. The van der Waals surface area contributed by atoms with Crippen molar-refractivity contribution >= 4 is 15.7 Å². The topological polar surface area (TPSA) is 72.0 Å². The van der Waals surface area contributed by atoms with E-state index in [2.05, 4.69) is 14.7 Å². The smallest absolute Gasteiger partial charge is 0.232 e. The van der Waals surface area contributed by atoms with Crippen LogP contribution in [-0.2, 0) is 10.0 Å². The number of hydrogen-bond donors (Lipinski definition) is 1. The summed E-state index contributed by atoms with van der Waals surface area (Å²) in [5.41, 5.74) is 0.442. The van der Waals surface area contributed by atoms with E-state index in [9.17, 15) is 8.42 Å². The third-order valence-electron chi connectivity index (χ3n) is 2.36. The van der Waals surface area contributed by atoms with Crippen molar-refractivity contribution in [2.75, 3.05) is 10.5 Å². The number of aromatic nitrogens is 2. The minimum atomic E-state index is -3.23. The first-order chi connectivity index (χ1) is 7.61. The van der Waals surface area contributed by atoms with Gasteiger partial charge in [-0.25, -0.2) is 18.4 Å². The summed E-state index contributed by atoms with van der Waals surface area (Å²) in [6.45, 7) is 1.83. The first-order valence-electron chi connectivity index (χ1n) is 5.43. The molecule has 2 rings (SSSR count). The van der Waals surface area contributed by atoms with Gasteiger partial charge in [0.2, 0.25) is 10.0 Å². The highest BCUT2D eigenvalue weighted by atomic mass is 32.2. The van der Waals surface area contributed by atoms with Gasteiger partial charge >= 0.3 is 0 Å². The molecule has 88 valence electrons. The molecule has 6 heteroatoms. The molecule has 0 aromatic carbocycles. The van der Waals surface area contributed by atoms with Crippen molar-refractivity contribution < 1.29 is 8.42 Å². The lowest BCUT2D eigenvalue weighted by atomic mass is 10.4. The average molecular weight is 241 g/mol. The molecule has 0 unspecified atom stereocenters. The van der Waals surface area contributed by atoms with Crippen molar-refractivity contribution in [3.05, 3.63) is 18.2 Å². The van der Waals surface area contributed by atoms with Gasteiger partial charge in [-0.3, -0.25) is 4.72 Å². The Labute approximate surface area is 95.4 Å². The first-order valence-corrected chi connectivity index (χ1v) is 7.08. The molecular weight excluding hydrogens is 226 g/mol. The van der Waals surface area contributed by atoms with E-state index in [0.29, 0.717) is 18.0 Å². The quantitative estimate of drug-likeness (QED) is 0.848. The van der Waals surface area contributed by atoms with E-state index in [0.717, 1.165) is 18.7 Å². The summed E-state index contributed by atoms with van der Waals surface area (Å²) in [6, 6.07) is 0. The third-order valence-corrected chi connectivity index (χ3v) is 3.85. The lowest BCUT2D eigenvalue weighted by Gasteiger charge is -2.06. The lowest BCUT2D eigenvalue weighted by Crippen LogP contribution is -2.16. The van der Waals surface area contributed by atoms with E-state index >= 15 is 0 Å². The zero-order valence-corrected chi connectivity index (χ0v) is 10.00. The van der Waals surface area contributed by atoms with Gasteiger partial charge in [-0.1, -0.05) is 6.92 Å². The summed E-state index contributed by atoms with van der Waals surface area (Å²) in [7, 11) is -3.23. The minimum Gasteiger partial charge on any atom is -0.280 e. The lowest BCUT2D eigenvalue weighted by molar-refractivity contribution is 0.600. The van der Waals surface area contributed by atoms with Crippen LogP contribution >= 0.6 is 0 Å². The van der Waals surface area contributed by atoms with Gasteiger partial charge in [-0.15, -0.1) is 0 Å². The molecule has 1 aromatic rings. The number of nitrogens with zero attached hydrogens (tertiary/aromatic N) is 2. The van der Waals surface area contributed by atoms with Gasteiger partial charge in [0.1, 0.15) is 5.82 Å². The zero-order chi connectivity index (χ0) is 11.6. The van der Waals surface area contributed by atoms with Crippen LogP contribution in [0, 0.1) is 0 Å². The molecule has 1 aliphatic carbocycles. The molecular formula is C10H15N3O2S. The second-order valence-electron chi connectivity index (χ2n) is 4.03. The van der Waals surface area contributed by atoms with Crippen LogP contribution in [0.25, 0.3) is 0 Å². The molecule has 1 heterocycles. The molecule has 1 aliphatic rings. The highest BCUT2D eigenvalue weighted by molar-refractivity contribution is 7.92. The molecule has 1 fully saturated rings. The SMILES string of the molecule is CCCS(=O)(=O)Nc1cnc(C2CC2)nc1. The minimum absolute atomic E-state index is 0.122. The van der Waals surface area contributed by atoms with Crippen LogP contribution in [0.3, 0.4) is 0 Å². The molecule has 1 saturated carbocycles. The third kappa shape index (κ3) is 2.91. The molecule has 1 N–H and O–H groups in total. The van der Waals surface area contributed by atoms with Crippen molar-refractivity contribution in [2.45, 2.75) is 32.1 Å². The van der Waals surface area contributed by atoms with Gasteiger partial charge in [0.25, 0.3) is 0 Å².